The van der Waals surface area contributed by atoms with Gasteiger partial charge in [-0.05, 0) is 61.4 Å². The van der Waals surface area contributed by atoms with Crippen LogP contribution in [-0.4, -0.2) is 28.2 Å². The van der Waals surface area contributed by atoms with Gasteiger partial charge in [0.1, 0.15) is 11.5 Å². The molecule has 220 valence electrons. The summed E-state index contributed by atoms with van der Waals surface area (Å²) < 4.78 is 13.4. The number of carboxylic acid groups (broad SMARTS) is 1. The van der Waals surface area contributed by atoms with Crippen molar-refractivity contribution in [2.75, 3.05) is 6.61 Å². The van der Waals surface area contributed by atoms with Crippen LogP contribution in [-0.2, 0) is 9.53 Å². The number of aromatic nitrogens is 1. The summed E-state index contributed by atoms with van der Waals surface area (Å²) in [6.45, 7) is 3.74. The summed E-state index contributed by atoms with van der Waals surface area (Å²) in [5, 5.41) is 9.95. The number of aromatic carboxylic acids is 1. The average molecular weight is 625 g/mol. The van der Waals surface area contributed by atoms with Crippen molar-refractivity contribution >= 4 is 46.6 Å². The summed E-state index contributed by atoms with van der Waals surface area (Å²) in [4.78, 5) is 44.4. The Labute approximate surface area is 260 Å². The van der Waals surface area contributed by atoms with Gasteiger partial charge in [-0.1, -0.05) is 71.5 Å². The van der Waals surface area contributed by atoms with Crippen molar-refractivity contribution < 1.29 is 23.8 Å². The molecule has 1 atom stereocenters. The van der Waals surface area contributed by atoms with E-state index in [2.05, 4.69) is 0 Å². The second-order valence-corrected chi connectivity index (χ2v) is 11.5. The zero-order chi connectivity index (χ0) is 31.0. The van der Waals surface area contributed by atoms with Crippen molar-refractivity contribution in [1.82, 2.24) is 4.57 Å². The minimum absolute atomic E-state index is 0.144. The number of aryl methyl sites for hydroxylation is 1. The maximum atomic E-state index is 14.1. The van der Waals surface area contributed by atoms with Crippen molar-refractivity contribution in [2.45, 2.75) is 19.9 Å². The Morgan fingerprint density at radius 3 is 2.52 bits per heavy atom. The predicted molar refractivity (Wildman–Crippen MR) is 168 cm³/mol. The third-order valence-corrected chi connectivity index (χ3v) is 8.44. The van der Waals surface area contributed by atoms with Crippen molar-refractivity contribution in [3.05, 3.63) is 143 Å². The Morgan fingerprint density at radius 1 is 1.07 bits per heavy atom. The van der Waals surface area contributed by atoms with Crippen LogP contribution in [0.2, 0.25) is 5.02 Å². The summed E-state index contributed by atoms with van der Waals surface area (Å²) in [6, 6.07) is 23.7. The van der Waals surface area contributed by atoms with Gasteiger partial charge in [0.05, 0.1) is 34.0 Å². The molecule has 0 bridgehead atoms. The fourth-order valence-corrected chi connectivity index (χ4v) is 6.23. The highest BCUT2D eigenvalue weighted by atomic mass is 35.5. The van der Waals surface area contributed by atoms with E-state index in [1.165, 1.54) is 22.0 Å². The lowest BCUT2D eigenvalue weighted by molar-refractivity contribution is -0.138. The zero-order valence-electron chi connectivity index (χ0n) is 23.6. The van der Waals surface area contributed by atoms with Crippen LogP contribution in [0.15, 0.2) is 105 Å². The number of rotatable bonds is 7. The second kappa shape index (κ2) is 11.9. The maximum Gasteiger partial charge on any atom is 0.338 e. The molecular weight excluding hydrogens is 600 g/mol. The highest BCUT2D eigenvalue weighted by molar-refractivity contribution is 7.07. The molecule has 0 saturated carbocycles. The number of carbonyl (C=O) groups is 2. The van der Waals surface area contributed by atoms with Crippen molar-refractivity contribution in [1.29, 1.82) is 0 Å². The molecule has 3 heterocycles. The summed E-state index contributed by atoms with van der Waals surface area (Å²) in [5.41, 5.74) is 3.32. The van der Waals surface area contributed by atoms with E-state index in [0.29, 0.717) is 48.3 Å². The number of carbonyl (C=O) groups excluding carboxylic acids is 1. The molecule has 0 unspecified atom stereocenters. The smallest absolute Gasteiger partial charge is 0.338 e. The number of hydrogen-bond acceptors (Lipinski definition) is 7. The number of hydrogen-bond donors (Lipinski definition) is 1. The van der Waals surface area contributed by atoms with Crippen molar-refractivity contribution in [3.63, 3.8) is 0 Å². The van der Waals surface area contributed by atoms with E-state index in [4.69, 9.17) is 25.7 Å². The van der Waals surface area contributed by atoms with Gasteiger partial charge < -0.3 is 14.3 Å². The molecular formula is C34H25ClN2O6S. The molecule has 0 amide bonds. The van der Waals surface area contributed by atoms with Gasteiger partial charge in [-0.15, -0.1) is 0 Å². The number of furan rings is 1. The predicted octanol–water partition coefficient (Wildman–Crippen LogP) is 5.86. The Bertz CT molecular complexity index is 2120. The lowest BCUT2D eigenvalue weighted by Gasteiger charge is -2.25. The standard InChI is InChI=1S/C34H25ClN2O6S/c1-3-42-33(41)28-29(20-7-5-4-6-8-20)36-34-37(30(28)21-11-13-23(35)14-12-21)31(38)27(44-34)18-24-15-16-26(43-24)25-17-22(32(39)40)10-9-19(25)2/h4-18,30H,3H2,1-2H3,(H,39,40)/b27-18+/t30-/m1/s1. The zero-order valence-corrected chi connectivity index (χ0v) is 25.2. The van der Waals surface area contributed by atoms with Crippen LogP contribution < -0.4 is 14.9 Å². The maximum absolute atomic E-state index is 14.1. The van der Waals surface area contributed by atoms with Crippen LogP contribution in [0.25, 0.3) is 23.1 Å². The molecule has 0 spiro atoms. The van der Waals surface area contributed by atoms with Crippen LogP contribution in [0.5, 0.6) is 0 Å². The third kappa shape index (κ3) is 5.43. The van der Waals surface area contributed by atoms with Crippen LogP contribution in [0.1, 0.15) is 45.8 Å². The number of esters is 1. The summed E-state index contributed by atoms with van der Waals surface area (Å²) in [6.07, 6.45) is 1.62. The van der Waals surface area contributed by atoms with Gasteiger partial charge in [-0.25, -0.2) is 14.6 Å². The molecule has 1 N–H and O–H groups in total. The Morgan fingerprint density at radius 2 is 1.82 bits per heavy atom. The molecule has 8 nitrogen and oxygen atoms in total. The monoisotopic (exact) mass is 624 g/mol. The van der Waals surface area contributed by atoms with E-state index >= 15 is 0 Å². The molecule has 3 aromatic carbocycles. The van der Waals surface area contributed by atoms with Crippen molar-refractivity contribution in [2.24, 2.45) is 4.99 Å². The molecule has 6 rings (SSSR count). The van der Waals surface area contributed by atoms with Crippen LogP contribution in [0, 0.1) is 6.92 Å². The second-order valence-electron chi connectivity index (χ2n) is 10.0. The number of ether oxygens (including phenoxy) is 1. The summed E-state index contributed by atoms with van der Waals surface area (Å²) >= 11 is 7.37. The van der Waals surface area contributed by atoms with Gasteiger partial charge in [0.25, 0.3) is 5.56 Å². The van der Waals surface area contributed by atoms with Gasteiger partial charge >= 0.3 is 11.9 Å². The van der Waals surface area contributed by atoms with E-state index in [1.807, 2.05) is 37.3 Å². The van der Waals surface area contributed by atoms with Gasteiger partial charge in [-0.3, -0.25) is 9.36 Å². The van der Waals surface area contributed by atoms with Gasteiger partial charge in [0, 0.05) is 22.2 Å². The number of carboxylic acids is 1. The summed E-state index contributed by atoms with van der Waals surface area (Å²) in [7, 11) is 0. The molecule has 1 aliphatic rings. The largest absolute Gasteiger partial charge is 0.478 e. The Hall–Kier alpha value is -4.99. The number of thiazole rings is 1. The molecule has 5 aromatic rings. The molecule has 0 saturated heterocycles. The molecule has 0 aliphatic carbocycles. The average Bonchev–Trinajstić information content (AvgIpc) is 3.61. The SMILES string of the molecule is CCOC(=O)C1=C(c2ccccc2)N=c2s/c(=C/c3ccc(-c4cc(C(=O)O)ccc4C)o3)c(=O)n2[C@@H]1c1ccc(Cl)cc1. The molecule has 2 aromatic heterocycles. The third-order valence-electron chi connectivity index (χ3n) is 7.21. The first kappa shape index (κ1) is 29.1. The minimum Gasteiger partial charge on any atom is -0.478 e. The summed E-state index contributed by atoms with van der Waals surface area (Å²) in [5.74, 6) is -0.730. The van der Waals surface area contributed by atoms with Crippen LogP contribution in [0.4, 0.5) is 0 Å². The van der Waals surface area contributed by atoms with E-state index in [9.17, 15) is 19.5 Å². The normalized spacial score (nSPS) is 14.7. The molecule has 1 aliphatic heterocycles. The minimum atomic E-state index is -1.04. The first-order valence-electron chi connectivity index (χ1n) is 13.7. The number of halogens is 1. The van der Waals surface area contributed by atoms with E-state index in [1.54, 1.807) is 61.5 Å². The number of fused-ring (bicyclic) bond motifs is 1. The number of benzene rings is 3. The highest BCUT2D eigenvalue weighted by Crippen LogP contribution is 2.35. The van der Waals surface area contributed by atoms with E-state index in [-0.39, 0.29) is 23.3 Å². The van der Waals surface area contributed by atoms with Crippen molar-refractivity contribution in [3.8, 4) is 11.3 Å². The first-order valence-corrected chi connectivity index (χ1v) is 14.9. The van der Waals surface area contributed by atoms with Gasteiger partial charge in [0.2, 0.25) is 0 Å². The Kier molecular flexibility index (Phi) is 7.90. The lowest BCUT2D eigenvalue weighted by Crippen LogP contribution is -2.39. The number of nitrogens with zero attached hydrogens (tertiary/aromatic N) is 2. The fraction of sp³-hybridized carbons (Fsp3) is 0.118. The van der Waals surface area contributed by atoms with E-state index in [0.717, 1.165) is 5.56 Å². The molecule has 0 fully saturated rings. The lowest BCUT2D eigenvalue weighted by atomic mass is 9.93. The fourth-order valence-electron chi connectivity index (χ4n) is 5.13. The molecule has 0 radical (unpaired) electrons. The van der Waals surface area contributed by atoms with Crippen LogP contribution >= 0.6 is 22.9 Å². The van der Waals surface area contributed by atoms with Gasteiger partial charge in [0.15, 0.2) is 4.80 Å². The van der Waals surface area contributed by atoms with Gasteiger partial charge in [-0.2, -0.15) is 0 Å². The van der Waals surface area contributed by atoms with E-state index < -0.39 is 18.0 Å². The molecule has 44 heavy (non-hydrogen) atoms. The highest BCUT2D eigenvalue weighted by Gasteiger charge is 2.35. The quantitative estimate of drug-likeness (QED) is 0.227. The first-order chi connectivity index (χ1) is 21.2. The Balaban J connectivity index is 1.54. The topological polar surface area (TPSA) is 111 Å². The molecule has 10 heteroatoms. The van der Waals surface area contributed by atoms with Crippen LogP contribution in [0.3, 0.4) is 0 Å².